The van der Waals surface area contributed by atoms with E-state index in [1.807, 2.05) is 30.3 Å². The zero-order chi connectivity index (χ0) is 17.4. The molecule has 0 unspecified atom stereocenters. The lowest BCUT2D eigenvalue weighted by Gasteiger charge is -2.07. The molecule has 0 saturated carbocycles. The predicted molar refractivity (Wildman–Crippen MR) is 88.2 cm³/mol. The summed E-state index contributed by atoms with van der Waals surface area (Å²) in [5.41, 5.74) is 6.66. The molecule has 2 aromatic carbocycles. The normalized spacial score (nSPS) is 9.83. The Morgan fingerprint density at radius 1 is 0.958 bits per heavy atom. The number of benzene rings is 2. The van der Waals surface area contributed by atoms with E-state index in [4.69, 9.17) is 10.5 Å². The van der Waals surface area contributed by atoms with E-state index in [-0.39, 0.29) is 18.1 Å². The van der Waals surface area contributed by atoms with Crippen LogP contribution >= 0.6 is 0 Å². The molecule has 4 N–H and O–H groups in total. The van der Waals surface area contributed by atoms with Crippen molar-refractivity contribution < 1.29 is 19.1 Å². The van der Waals surface area contributed by atoms with Crippen LogP contribution in [0.5, 0.6) is 0 Å². The SMILES string of the molecule is NC(=O)Nc1ccc(C(=O)OCC(=O)NCc2ccccc2)cc1. The first-order chi connectivity index (χ1) is 11.5. The summed E-state index contributed by atoms with van der Waals surface area (Å²) in [5, 5.41) is 5.04. The van der Waals surface area contributed by atoms with Gasteiger partial charge in [-0.3, -0.25) is 4.79 Å². The number of nitrogens with one attached hydrogen (secondary N) is 2. The van der Waals surface area contributed by atoms with Gasteiger partial charge in [0.15, 0.2) is 6.61 Å². The number of amides is 3. The molecule has 0 atom stereocenters. The van der Waals surface area contributed by atoms with Crippen LogP contribution in [0.1, 0.15) is 15.9 Å². The summed E-state index contributed by atoms with van der Waals surface area (Å²) in [6, 6.07) is 14.7. The molecular weight excluding hydrogens is 310 g/mol. The summed E-state index contributed by atoms with van der Waals surface area (Å²) in [5.74, 6) is -1.02. The molecule has 7 nitrogen and oxygen atoms in total. The standard InChI is InChI=1S/C17H17N3O4/c18-17(23)20-14-8-6-13(7-9-14)16(22)24-11-15(21)19-10-12-4-2-1-3-5-12/h1-9H,10-11H2,(H,19,21)(H3,18,20,23). The van der Waals surface area contributed by atoms with E-state index in [0.29, 0.717) is 12.2 Å². The van der Waals surface area contributed by atoms with Crippen LogP contribution in [-0.4, -0.2) is 24.5 Å². The van der Waals surface area contributed by atoms with Crippen LogP contribution in [0.25, 0.3) is 0 Å². The molecule has 2 aromatic rings. The molecule has 0 spiro atoms. The second-order valence-electron chi connectivity index (χ2n) is 4.91. The highest BCUT2D eigenvalue weighted by Crippen LogP contribution is 2.10. The Bertz CT molecular complexity index is 714. The van der Waals surface area contributed by atoms with Crippen LogP contribution in [-0.2, 0) is 16.1 Å². The van der Waals surface area contributed by atoms with Crippen LogP contribution in [0, 0.1) is 0 Å². The Balaban J connectivity index is 1.77. The number of carbonyl (C=O) groups is 3. The van der Waals surface area contributed by atoms with Crippen LogP contribution in [0.2, 0.25) is 0 Å². The predicted octanol–water partition coefficient (Wildman–Crippen LogP) is 1.65. The van der Waals surface area contributed by atoms with Crippen LogP contribution in [0.3, 0.4) is 0 Å². The topological polar surface area (TPSA) is 111 Å². The lowest BCUT2D eigenvalue weighted by Crippen LogP contribution is -2.28. The summed E-state index contributed by atoms with van der Waals surface area (Å²) in [4.78, 5) is 34.2. The number of hydrogen-bond acceptors (Lipinski definition) is 4. The van der Waals surface area contributed by atoms with E-state index in [0.717, 1.165) is 5.56 Å². The minimum absolute atomic E-state index is 0.265. The first-order valence-electron chi connectivity index (χ1n) is 7.19. The maximum Gasteiger partial charge on any atom is 0.338 e. The lowest BCUT2D eigenvalue weighted by molar-refractivity contribution is -0.124. The molecule has 0 bridgehead atoms. The molecule has 0 aliphatic rings. The summed E-state index contributed by atoms with van der Waals surface area (Å²) in [6.07, 6.45) is 0. The van der Waals surface area contributed by atoms with Gasteiger partial charge in [0.05, 0.1) is 5.56 Å². The van der Waals surface area contributed by atoms with E-state index in [1.54, 1.807) is 0 Å². The van der Waals surface area contributed by atoms with Crippen molar-refractivity contribution in [1.82, 2.24) is 5.32 Å². The molecule has 7 heteroatoms. The molecule has 0 aromatic heterocycles. The van der Waals surface area contributed by atoms with Crippen molar-refractivity contribution >= 4 is 23.6 Å². The largest absolute Gasteiger partial charge is 0.452 e. The summed E-state index contributed by atoms with van der Waals surface area (Å²) < 4.78 is 4.94. The highest BCUT2D eigenvalue weighted by atomic mass is 16.5. The number of hydrogen-bond donors (Lipinski definition) is 3. The molecule has 0 aliphatic heterocycles. The minimum atomic E-state index is -0.694. The molecule has 0 fully saturated rings. The number of carbonyl (C=O) groups excluding carboxylic acids is 3. The molecule has 24 heavy (non-hydrogen) atoms. The molecule has 0 radical (unpaired) electrons. The maximum atomic E-state index is 11.8. The van der Waals surface area contributed by atoms with Gasteiger partial charge in [0, 0.05) is 12.2 Å². The summed E-state index contributed by atoms with van der Waals surface area (Å²) >= 11 is 0. The molecule has 3 amide bonds. The fourth-order valence-electron chi connectivity index (χ4n) is 1.89. The van der Waals surface area contributed by atoms with Crippen molar-refractivity contribution in [1.29, 1.82) is 0 Å². The smallest absolute Gasteiger partial charge is 0.338 e. The number of primary amides is 1. The number of rotatable bonds is 6. The fourth-order valence-corrected chi connectivity index (χ4v) is 1.89. The first-order valence-corrected chi connectivity index (χ1v) is 7.19. The third-order valence-corrected chi connectivity index (χ3v) is 3.06. The van der Waals surface area contributed by atoms with Gasteiger partial charge >= 0.3 is 12.0 Å². The van der Waals surface area contributed by atoms with Gasteiger partial charge in [0.2, 0.25) is 0 Å². The van der Waals surface area contributed by atoms with Gasteiger partial charge in [-0.1, -0.05) is 30.3 Å². The van der Waals surface area contributed by atoms with Gasteiger partial charge in [0.1, 0.15) is 0 Å². The highest BCUT2D eigenvalue weighted by molar-refractivity contribution is 5.93. The second-order valence-corrected chi connectivity index (χ2v) is 4.91. The van der Waals surface area contributed by atoms with Crippen molar-refractivity contribution in [2.24, 2.45) is 5.73 Å². The third kappa shape index (κ3) is 5.45. The average molecular weight is 327 g/mol. The average Bonchev–Trinajstić information content (AvgIpc) is 2.59. The van der Waals surface area contributed by atoms with E-state index < -0.39 is 12.0 Å². The van der Waals surface area contributed by atoms with Crippen molar-refractivity contribution in [2.75, 3.05) is 11.9 Å². The lowest BCUT2D eigenvalue weighted by atomic mass is 10.2. The Morgan fingerprint density at radius 3 is 2.25 bits per heavy atom. The molecule has 0 aliphatic carbocycles. The summed E-state index contributed by atoms with van der Waals surface area (Å²) in [7, 11) is 0. The highest BCUT2D eigenvalue weighted by Gasteiger charge is 2.10. The Labute approximate surface area is 138 Å². The molecule has 124 valence electrons. The Hall–Kier alpha value is -3.35. The molecular formula is C17H17N3O4. The van der Waals surface area contributed by atoms with Gasteiger partial charge in [-0.05, 0) is 29.8 Å². The van der Waals surface area contributed by atoms with Crippen molar-refractivity contribution in [2.45, 2.75) is 6.54 Å². The molecule has 0 heterocycles. The second kappa shape index (κ2) is 8.33. The van der Waals surface area contributed by atoms with E-state index >= 15 is 0 Å². The first kappa shape index (κ1) is 17.0. The van der Waals surface area contributed by atoms with Gasteiger partial charge in [-0.25, -0.2) is 9.59 Å². The number of nitrogens with two attached hydrogens (primary N) is 1. The van der Waals surface area contributed by atoms with Gasteiger partial charge in [-0.2, -0.15) is 0 Å². The van der Waals surface area contributed by atoms with E-state index in [9.17, 15) is 14.4 Å². The summed E-state index contributed by atoms with van der Waals surface area (Å²) in [6.45, 7) is -0.00232. The number of urea groups is 1. The fraction of sp³-hybridized carbons (Fsp3) is 0.118. The molecule has 2 rings (SSSR count). The van der Waals surface area contributed by atoms with Gasteiger partial charge in [0.25, 0.3) is 5.91 Å². The zero-order valence-electron chi connectivity index (χ0n) is 12.8. The monoisotopic (exact) mass is 327 g/mol. The van der Waals surface area contributed by atoms with Gasteiger partial charge in [-0.15, -0.1) is 0 Å². The number of esters is 1. The number of anilines is 1. The Kier molecular flexibility index (Phi) is 5.90. The van der Waals surface area contributed by atoms with Gasteiger partial charge < -0.3 is 21.1 Å². The zero-order valence-corrected chi connectivity index (χ0v) is 12.8. The van der Waals surface area contributed by atoms with E-state index in [1.165, 1.54) is 24.3 Å². The minimum Gasteiger partial charge on any atom is -0.452 e. The molecule has 0 saturated heterocycles. The number of ether oxygens (including phenoxy) is 1. The van der Waals surface area contributed by atoms with E-state index in [2.05, 4.69) is 10.6 Å². The Morgan fingerprint density at radius 2 is 1.62 bits per heavy atom. The van der Waals surface area contributed by atoms with Crippen molar-refractivity contribution in [3.63, 3.8) is 0 Å². The van der Waals surface area contributed by atoms with Crippen molar-refractivity contribution in [3.05, 3.63) is 65.7 Å². The maximum absolute atomic E-state index is 11.8. The van der Waals surface area contributed by atoms with Crippen LogP contribution in [0.15, 0.2) is 54.6 Å². The van der Waals surface area contributed by atoms with Crippen LogP contribution < -0.4 is 16.4 Å². The van der Waals surface area contributed by atoms with Crippen molar-refractivity contribution in [3.8, 4) is 0 Å². The quantitative estimate of drug-likeness (QED) is 0.701. The van der Waals surface area contributed by atoms with Crippen LogP contribution in [0.4, 0.5) is 10.5 Å². The third-order valence-electron chi connectivity index (χ3n) is 3.06.